The molecular weight excluding hydrogens is 279 g/mol. The maximum absolute atomic E-state index is 11.1. The summed E-state index contributed by atoms with van der Waals surface area (Å²) >= 11 is 2.52. The predicted molar refractivity (Wildman–Crippen MR) is 59.8 cm³/mol. The summed E-state index contributed by atoms with van der Waals surface area (Å²) in [5.41, 5.74) is 5.34. The van der Waals surface area contributed by atoms with Crippen LogP contribution >= 0.6 is 22.6 Å². The Labute approximate surface area is 92.2 Å². The molecular formula is C9H15IN2O. The van der Waals surface area contributed by atoms with Crippen LogP contribution in [0.5, 0.6) is 0 Å². The smallest absolute Gasteiger partial charge is 0.234 e. The molecule has 1 heterocycles. The molecule has 2 fully saturated rings. The molecule has 0 spiro atoms. The van der Waals surface area contributed by atoms with Crippen LogP contribution in [0.25, 0.3) is 0 Å². The van der Waals surface area contributed by atoms with Crippen LogP contribution in [0, 0.1) is 0 Å². The van der Waals surface area contributed by atoms with Crippen LogP contribution in [0.3, 0.4) is 0 Å². The van der Waals surface area contributed by atoms with Gasteiger partial charge in [0.2, 0.25) is 5.91 Å². The van der Waals surface area contributed by atoms with Crippen LogP contribution in [0.15, 0.2) is 0 Å². The van der Waals surface area contributed by atoms with Crippen molar-refractivity contribution in [3.63, 3.8) is 0 Å². The minimum Gasteiger partial charge on any atom is -0.368 e. The average Bonchev–Trinajstić information content (AvgIpc) is 2.63. The Kier molecular flexibility index (Phi) is 2.53. The van der Waals surface area contributed by atoms with Crippen molar-refractivity contribution in [2.45, 2.75) is 35.1 Å². The Morgan fingerprint density at radius 3 is 2.85 bits per heavy atom. The van der Waals surface area contributed by atoms with Crippen molar-refractivity contribution in [2.24, 2.45) is 5.73 Å². The number of carbonyl (C=O) groups excluding carboxylic acids is 1. The molecule has 74 valence electrons. The number of rotatable bonds is 3. The number of hydrogen-bond acceptors (Lipinski definition) is 2. The summed E-state index contributed by atoms with van der Waals surface area (Å²) in [6.07, 6.45) is 4.69. The van der Waals surface area contributed by atoms with Crippen LogP contribution in [0.4, 0.5) is 0 Å². The van der Waals surface area contributed by atoms with Crippen molar-refractivity contribution < 1.29 is 4.79 Å². The van der Waals surface area contributed by atoms with E-state index in [0.29, 0.717) is 3.42 Å². The predicted octanol–water partition coefficient (Wildman–Crippen LogP) is 0.904. The lowest BCUT2D eigenvalue weighted by atomic mass is 10.2. The van der Waals surface area contributed by atoms with E-state index < -0.39 is 0 Å². The van der Waals surface area contributed by atoms with Crippen molar-refractivity contribution in [1.29, 1.82) is 0 Å². The molecule has 0 bridgehead atoms. The number of hydrogen-bond donors (Lipinski definition) is 1. The SMILES string of the molecule is NC(=O)C1CCCN1CC1(I)CC1. The molecule has 4 heteroatoms. The second-order valence-electron chi connectivity index (χ2n) is 4.18. The lowest BCUT2D eigenvalue weighted by Gasteiger charge is -2.24. The third kappa shape index (κ3) is 2.15. The third-order valence-corrected chi connectivity index (χ3v) is 4.39. The van der Waals surface area contributed by atoms with Crippen LogP contribution in [0.2, 0.25) is 0 Å². The van der Waals surface area contributed by atoms with Crippen LogP contribution < -0.4 is 5.73 Å². The zero-order chi connectivity index (χ0) is 9.47. The molecule has 2 N–H and O–H groups in total. The summed E-state index contributed by atoms with van der Waals surface area (Å²) in [5.74, 6) is -0.141. The zero-order valence-corrected chi connectivity index (χ0v) is 9.79. The molecule has 1 unspecified atom stereocenters. The first-order chi connectivity index (χ1) is 6.11. The first-order valence-electron chi connectivity index (χ1n) is 4.83. The Bertz CT molecular complexity index is 228. The number of likely N-dealkylation sites (tertiary alicyclic amines) is 1. The molecule has 1 amide bonds. The second-order valence-corrected chi connectivity index (χ2v) is 6.47. The first kappa shape index (κ1) is 9.71. The van der Waals surface area contributed by atoms with Gasteiger partial charge in [-0.05, 0) is 32.2 Å². The minimum absolute atomic E-state index is 0.0206. The molecule has 13 heavy (non-hydrogen) atoms. The van der Waals surface area contributed by atoms with Crippen molar-refractivity contribution in [3.8, 4) is 0 Å². The number of nitrogens with two attached hydrogens (primary N) is 1. The van der Waals surface area contributed by atoms with Crippen LogP contribution in [-0.4, -0.2) is 33.4 Å². The molecule has 1 saturated heterocycles. The summed E-state index contributed by atoms with van der Waals surface area (Å²) < 4.78 is 0.468. The maximum Gasteiger partial charge on any atom is 0.234 e. The normalized spacial score (nSPS) is 31.9. The number of halogens is 1. The summed E-state index contributed by atoms with van der Waals surface area (Å²) in [6, 6.07) is 0.0206. The number of nitrogens with zero attached hydrogens (tertiary/aromatic N) is 1. The molecule has 1 aliphatic carbocycles. The van der Waals surface area contributed by atoms with E-state index in [4.69, 9.17) is 5.73 Å². The van der Waals surface area contributed by atoms with Gasteiger partial charge in [0.05, 0.1) is 6.04 Å². The van der Waals surface area contributed by atoms with Gasteiger partial charge >= 0.3 is 0 Å². The highest BCUT2D eigenvalue weighted by Gasteiger charge is 2.43. The van der Waals surface area contributed by atoms with Gasteiger partial charge < -0.3 is 5.73 Å². The van der Waals surface area contributed by atoms with Gasteiger partial charge in [0.25, 0.3) is 0 Å². The van der Waals surface area contributed by atoms with Gasteiger partial charge in [0, 0.05) is 9.97 Å². The highest BCUT2D eigenvalue weighted by molar-refractivity contribution is 14.1. The van der Waals surface area contributed by atoms with E-state index in [0.717, 1.165) is 25.9 Å². The van der Waals surface area contributed by atoms with Gasteiger partial charge in [-0.15, -0.1) is 0 Å². The van der Waals surface area contributed by atoms with Crippen LogP contribution in [0.1, 0.15) is 25.7 Å². The fourth-order valence-corrected chi connectivity index (χ4v) is 2.70. The van der Waals surface area contributed by atoms with Gasteiger partial charge in [-0.1, -0.05) is 22.6 Å². The lowest BCUT2D eigenvalue weighted by Crippen LogP contribution is -2.43. The molecule has 1 aliphatic heterocycles. The second kappa shape index (κ2) is 3.38. The summed E-state index contributed by atoms with van der Waals surface area (Å²) in [6.45, 7) is 2.11. The van der Waals surface area contributed by atoms with Gasteiger partial charge in [-0.25, -0.2) is 0 Å². The molecule has 0 radical (unpaired) electrons. The van der Waals surface area contributed by atoms with Crippen molar-refractivity contribution >= 4 is 28.5 Å². The lowest BCUT2D eigenvalue weighted by molar-refractivity contribution is -0.122. The fraction of sp³-hybridized carbons (Fsp3) is 0.889. The van der Waals surface area contributed by atoms with E-state index >= 15 is 0 Å². The Morgan fingerprint density at radius 1 is 1.62 bits per heavy atom. The van der Waals surface area contributed by atoms with Crippen molar-refractivity contribution in [2.75, 3.05) is 13.1 Å². The standard InChI is InChI=1S/C9H15IN2O/c10-9(3-4-9)6-12-5-1-2-7(12)8(11)13/h7H,1-6H2,(H2,11,13). The van der Waals surface area contributed by atoms with Crippen LogP contribution in [-0.2, 0) is 4.79 Å². The summed E-state index contributed by atoms with van der Waals surface area (Å²) in [5, 5.41) is 0. The molecule has 0 aromatic rings. The molecule has 2 aliphatic rings. The topological polar surface area (TPSA) is 46.3 Å². The van der Waals surface area contributed by atoms with E-state index in [1.54, 1.807) is 0 Å². The van der Waals surface area contributed by atoms with E-state index in [9.17, 15) is 4.79 Å². The van der Waals surface area contributed by atoms with E-state index in [1.165, 1.54) is 12.8 Å². The Hall–Kier alpha value is 0.160. The van der Waals surface area contributed by atoms with Gasteiger partial charge in [0.15, 0.2) is 0 Å². The number of carbonyl (C=O) groups is 1. The molecule has 1 saturated carbocycles. The zero-order valence-electron chi connectivity index (χ0n) is 7.63. The maximum atomic E-state index is 11.1. The number of alkyl halides is 1. The highest BCUT2D eigenvalue weighted by Crippen LogP contribution is 2.46. The summed E-state index contributed by atoms with van der Waals surface area (Å²) in [7, 11) is 0. The van der Waals surface area contributed by atoms with Gasteiger partial charge in [0.1, 0.15) is 0 Å². The van der Waals surface area contributed by atoms with E-state index in [2.05, 4.69) is 27.5 Å². The highest BCUT2D eigenvalue weighted by atomic mass is 127. The largest absolute Gasteiger partial charge is 0.368 e. The van der Waals surface area contributed by atoms with Crippen molar-refractivity contribution in [3.05, 3.63) is 0 Å². The number of primary amides is 1. The van der Waals surface area contributed by atoms with Crippen molar-refractivity contribution in [1.82, 2.24) is 4.90 Å². The Balaban J connectivity index is 1.93. The number of amides is 1. The van der Waals surface area contributed by atoms with Gasteiger partial charge in [-0.3, -0.25) is 9.69 Å². The first-order valence-corrected chi connectivity index (χ1v) is 5.91. The van der Waals surface area contributed by atoms with Gasteiger partial charge in [-0.2, -0.15) is 0 Å². The molecule has 3 nitrogen and oxygen atoms in total. The quantitative estimate of drug-likeness (QED) is 0.621. The monoisotopic (exact) mass is 294 g/mol. The van der Waals surface area contributed by atoms with E-state index in [-0.39, 0.29) is 11.9 Å². The summed E-state index contributed by atoms with van der Waals surface area (Å²) in [4.78, 5) is 13.4. The van der Waals surface area contributed by atoms with E-state index in [1.807, 2.05) is 0 Å². The minimum atomic E-state index is -0.141. The third-order valence-electron chi connectivity index (χ3n) is 2.97. The molecule has 0 aromatic carbocycles. The molecule has 2 rings (SSSR count). The fourth-order valence-electron chi connectivity index (χ4n) is 2.00. The Morgan fingerprint density at radius 2 is 2.31 bits per heavy atom. The average molecular weight is 294 g/mol. The molecule has 1 atom stereocenters. The molecule has 0 aromatic heterocycles.